The molecule has 5 nitrogen and oxygen atoms in total. The first-order chi connectivity index (χ1) is 10.4. The van der Waals surface area contributed by atoms with Crippen molar-refractivity contribution >= 4 is 11.9 Å². The Morgan fingerprint density at radius 3 is 2.55 bits per heavy atom. The average Bonchev–Trinajstić information content (AvgIpc) is 2.49. The molecule has 0 aliphatic heterocycles. The van der Waals surface area contributed by atoms with Crippen LogP contribution in [0.3, 0.4) is 0 Å². The molecule has 0 saturated heterocycles. The third kappa shape index (κ3) is 6.16. The summed E-state index contributed by atoms with van der Waals surface area (Å²) in [6.45, 7) is 4.23. The van der Waals surface area contributed by atoms with Crippen molar-refractivity contribution in [2.75, 3.05) is 13.7 Å². The largest absolute Gasteiger partial charge is 0.496 e. The number of rotatable bonds is 9. The van der Waals surface area contributed by atoms with E-state index in [0.29, 0.717) is 24.5 Å². The van der Waals surface area contributed by atoms with Gasteiger partial charge in [0.25, 0.3) is 0 Å². The van der Waals surface area contributed by atoms with Crippen molar-refractivity contribution in [3.63, 3.8) is 0 Å². The average molecular weight is 307 g/mol. The molecule has 1 aromatic rings. The molecule has 0 saturated carbocycles. The number of amides is 1. The maximum absolute atomic E-state index is 11.7. The van der Waals surface area contributed by atoms with Crippen LogP contribution >= 0.6 is 0 Å². The van der Waals surface area contributed by atoms with Crippen LogP contribution < -0.4 is 10.1 Å². The summed E-state index contributed by atoms with van der Waals surface area (Å²) in [7, 11) is 1.56. The van der Waals surface area contributed by atoms with Crippen molar-refractivity contribution < 1.29 is 19.4 Å². The van der Waals surface area contributed by atoms with Crippen molar-refractivity contribution in [3.8, 4) is 5.75 Å². The lowest BCUT2D eigenvalue weighted by molar-refractivity contribution is -0.141. The van der Waals surface area contributed by atoms with Crippen LogP contribution in [0.15, 0.2) is 24.3 Å². The molecule has 1 atom stereocenters. The van der Waals surface area contributed by atoms with E-state index in [2.05, 4.69) is 19.2 Å². The molecule has 0 heterocycles. The van der Waals surface area contributed by atoms with Gasteiger partial charge in [0, 0.05) is 13.0 Å². The van der Waals surface area contributed by atoms with Crippen LogP contribution in [0.25, 0.3) is 0 Å². The van der Waals surface area contributed by atoms with Crippen LogP contribution in [0, 0.1) is 11.8 Å². The summed E-state index contributed by atoms with van der Waals surface area (Å²) < 4.78 is 5.24. The number of carboxylic acids is 1. The quantitative estimate of drug-likeness (QED) is 0.735. The maximum atomic E-state index is 11.7. The molecule has 5 heteroatoms. The number of hydrogen-bond donors (Lipinski definition) is 2. The summed E-state index contributed by atoms with van der Waals surface area (Å²) in [5, 5.41) is 12.1. The van der Waals surface area contributed by atoms with Crippen LogP contribution in [-0.4, -0.2) is 30.6 Å². The van der Waals surface area contributed by atoms with Gasteiger partial charge in [0.15, 0.2) is 0 Å². The molecule has 1 amide bonds. The molecule has 1 unspecified atom stereocenters. The lowest BCUT2D eigenvalue weighted by Gasteiger charge is -2.15. The molecule has 1 aromatic carbocycles. The first kappa shape index (κ1) is 18.0. The molecule has 1 rings (SSSR count). The molecule has 0 aliphatic carbocycles. The fraction of sp³-hybridized carbons (Fsp3) is 0.529. The van der Waals surface area contributed by atoms with Crippen LogP contribution in [-0.2, 0) is 16.0 Å². The monoisotopic (exact) mass is 307 g/mol. The Morgan fingerprint density at radius 1 is 1.27 bits per heavy atom. The standard InChI is InChI=1S/C17H25NO4/c1-12(2)8-9-16(19)18-11-14(17(20)21)10-13-6-4-5-7-15(13)22-3/h4-7,12,14H,8-11H2,1-3H3,(H,18,19)(H,20,21). The van der Waals surface area contributed by atoms with Gasteiger partial charge in [-0.25, -0.2) is 0 Å². The number of ether oxygens (including phenoxy) is 1. The molecule has 0 fully saturated rings. The number of methoxy groups -OCH3 is 1. The highest BCUT2D eigenvalue weighted by molar-refractivity contribution is 5.77. The zero-order valence-corrected chi connectivity index (χ0v) is 13.5. The van der Waals surface area contributed by atoms with E-state index in [4.69, 9.17) is 4.74 Å². The van der Waals surface area contributed by atoms with Gasteiger partial charge in [-0.1, -0.05) is 32.0 Å². The number of carbonyl (C=O) groups is 2. The first-order valence-electron chi connectivity index (χ1n) is 7.55. The topological polar surface area (TPSA) is 75.6 Å². The van der Waals surface area contributed by atoms with E-state index in [-0.39, 0.29) is 12.5 Å². The summed E-state index contributed by atoms with van der Waals surface area (Å²) in [5.74, 6) is -0.566. The Hall–Kier alpha value is -2.04. The molecule has 122 valence electrons. The highest BCUT2D eigenvalue weighted by Gasteiger charge is 2.20. The van der Waals surface area contributed by atoms with Crippen LogP contribution in [0.1, 0.15) is 32.3 Å². The SMILES string of the molecule is COc1ccccc1CC(CNC(=O)CCC(C)C)C(=O)O. The Bertz CT molecular complexity index is 499. The minimum atomic E-state index is -0.921. The second kappa shape index (κ2) is 9.07. The molecule has 0 aromatic heterocycles. The minimum Gasteiger partial charge on any atom is -0.496 e. The van der Waals surface area contributed by atoms with Crippen molar-refractivity contribution in [1.82, 2.24) is 5.32 Å². The zero-order valence-electron chi connectivity index (χ0n) is 13.5. The summed E-state index contributed by atoms with van der Waals surface area (Å²) in [4.78, 5) is 23.1. The third-order valence-electron chi connectivity index (χ3n) is 3.50. The van der Waals surface area contributed by atoms with E-state index in [1.54, 1.807) is 13.2 Å². The minimum absolute atomic E-state index is 0.0972. The molecule has 0 radical (unpaired) electrons. The van der Waals surface area contributed by atoms with Crippen LogP contribution in [0.5, 0.6) is 5.75 Å². The molecule has 0 spiro atoms. The van der Waals surface area contributed by atoms with Gasteiger partial charge in [-0.05, 0) is 30.4 Å². The summed E-state index contributed by atoms with van der Waals surface area (Å²) in [6, 6.07) is 7.33. The molecular weight excluding hydrogens is 282 g/mol. The van der Waals surface area contributed by atoms with E-state index < -0.39 is 11.9 Å². The third-order valence-corrected chi connectivity index (χ3v) is 3.50. The van der Waals surface area contributed by atoms with Crippen LogP contribution in [0.4, 0.5) is 0 Å². The smallest absolute Gasteiger partial charge is 0.308 e. The van der Waals surface area contributed by atoms with Gasteiger partial charge < -0.3 is 15.2 Å². The zero-order chi connectivity index (χ0) is 16.5. The van der Waals surface area contributed by atoms with E-state index in [1.807, 2.05) is 18.2 Å². The maximum Gasteiger partial charge on any atom is 0.308 e. The molecule has 0 aliphatic rings. The van der Waals surface area contributed by atoms with Crippen molar-refractivity contribution in [1.29, 1.82) is 0 Å². The van der Waals surface area contributed by atoms with Crippen molar-refractivity contribution in [3.05, 3.63) is 29.8 Å². The van der Waals surface area contributed by atoms with E-state index in [1.165, 1.54) is 0 Å². The second-order valence-corrected chi connectivity index (χ2v) is 5.79. The summed E-state index contributed by atoms with van der Waals surface area (Å²) in [6.07, 6.45) is 1.55. The first-order valence-corrected chi connectivity index (χ1v) is 7.55. The van der Waals surface area contributed by atoms with Gasteiger partial charge in [0.05, 0.1) is 13.0 Å². The highest BCUT2D eigenvalue weighted by Crippen LogP contribution is 2.21. The number of carboxylic acid groups (broad SMARTS) is 1. The predicted molar refractivity (Wildman–Crippen MR) is 84.9 cm³/mol. The number of hydrogen-bond acceptors (Lipinski definition) is 3. The van der Waals surface area contributed by atoms with E-state index in [9.17, 15) is 14.7 Å². The van der Waals surface area contributed by atoms with Gasteiger partial charge >= 0.3 is 5.97 Å². The lowest BCUT2D eigenvalue weighted by atomic mass is 9.98. The predicted octanol–water partition coefficient (Wildman–Crippen LogP) is 2.49. The van der Waals surface area contributed by atoms with Gasteiger partial charge in [0.2, 0.25) is 5.91 Å². The van der Waals surface area contributed by atoms with E-state index in [0.717, 1.165) is 12.0 Å². The lowest BCUT2D eigenvalue weighted by Crippen LogP contribution is -2.34. The molecule has 0 bridgehead atoms. The van der Waals surface area contributed by atoms with Gasteiger partial charge in [0.1, 0.15) is 5.75 Å². The molecule has 22 heavy (non-hydrogen) atoms. The van der Waals surface area contributed by atoms with E-state index >= 15 is 0 Å². The number of benzene rings is 1. The highest BCUT2D eigenvalue weighted by atomic mass is 16.5. The molecular formula is C17H25NO4. The molecule has 2 N–H and O–H groups in total. The Morgan fingerprint density at radius 2 is 1.95 bits per heavy atom. The fourth-order valence-corrected chi connectivity index (χ4v) is 2.13. The Labute approximate surface area is 131 Å². The van der Waals surface area contributed by atoms with Gasteiger partial charge in [-0.2, -0.15) is 0 Å². The van der Waals surface area contributed by atoms with Gasteiger partial charge in [-0.15, -0.1) is 0 Å². The number of carbonyl (C=O) groups excluding carboxylic acids is 1. The van der Waals surface area contributed by atoms with Crippen molar-refractivity contribution in [2.24, 2.45) is 11.8 Å². The fourth-order valence-electron chi connectivity index (χ4n) is 2.13. The summed E-state index contributed by atoms with van der Waals surface area (Å²) >= 11 is 0. The second-order valence-electron chi connectivity index (χ2n) is 5.79. The number of aliphatic carboxylic acids is 1. The van der Waals surface area contributed by atoms with Crippen LogP contribution in [0.2, 0.25) is 0 Å². The Kier molecular flexibility index (Phi) is 7.43. The number of para-hydroxylation sites is 1. The normalized spacial score (nSPS) is 12.0. The summed E-state index contributed by atoms with van der Waals surface area (Å²) in [5.41, 5.74) is 0.828. The van der Waals surface area contributed by atoms with Crippen molar-refractivity contribution in [2.45, 2.75) is 33.1 Å². The van der Waals surface area contributed by atoms with Gasteiger partial charge in [-0.3, -0.25) is 9.59 Å². The Balaban J connectivity index is 2.59. The number of nitrogens with one attached hydrogen (secondary N) is 1.